The number of carbonyl (C=O) groups is 1. The molecule has 0 aromatic rings. The molecule has 0 spiro atoms. The van der Waals surface area contributed by atoms with Crippen LogP contribution in [0, 0.1) is 5.92 Å². The molecule has 1 aliphatic heterocycles. The third-order valence-corrected chi connectivity index (χ3v) is 4.04. The van der Waals surface area contributed by atoms with Crippen LogP contribution in [0.15, 0.2) is 0 Å². The van der Waals surface area contributed by atoms with Crippen LogP contribution >= 0.6 is 12.4 Å². The van der Waals surface area contributed by atoms with E-state index in [-0.39, 0.29) is 29.8 Å². The van der Waals surface area contributed by atoms with Gasteiger partial charge in [-0.15, -0.1) is 12.4 Å². The van der Waals surface area contributed by atoms with E-state index in [9.17, 15) is 13.2 Å². The van der Waals surface area contributed by atoms with Crippen molar-refractivity contribution in [1.29, 1.82) is 0 Å². The molecular formula is C7H14ClNO4S. The predicted molar refractivity (Wildman–Crippen MR) is 54.0 cm³/mol. The highest BCUT2D eigenvalue weighted by Crippen LogP contribution is 2.21. The Hall–Kier alpha value is -0.330. The maximum atomic E-state index is 11.0. The van der Waals surface area contributed by atoms with E-state index in [2.05, 4.69) is 4.74 Å². The monoisotopic (exact) mass is 243 g/mol. The van der Waals surface area contributed by atoms with E-state index >= 15 is 0 Å². The minimum atomic E-state index is -2.97. The lowest BCUT2D eigenvalue weighted by Gasteiger charge is -2.14. The van der Waals surface area contributed by atoms with Gasteiger partial charge in [-0.05, 0) is 12.3 Å². The number of rotatable bonds is 2. The highest BCUT2D eigenvalue weighted by Gasteiger charge is 2.35. The summed E-state index contributed by atoms with van der Waals surface area (Å²) < 4.78 is 26.5. The van der Waals surface area contributed by atoms with Crippen LogP contribution in [0.25, 0.3) is 0 Å². The lowest BCUT2D eigenvalue weighted by molar-refractivity contribution is -0.143. The summed E-state index contributed by atoms with van der Waals surface area (Å²) in [6, 6.07) is -0.803. The molecule has 5 nitrogen and oxygen atoms in total. The fourth-order valence-corrected chi connectivity index (χ4v) is 3.29. The zero-order valence-corrected chi connectivity index (χ0v) is 9.44. The number of ether oxygens (including phenoxy) is 1. The Morgan fingerprint density at radius 1 is 1.57 bits per heavy atom. The molecule has 0 radical (unpaired) electrons. The van der Waals surface area contributed by atoms with Crippen molar-refractivity contribution in [2.45, 2.75) is 12.5 Å². The number of methoxy groups -OCH3 is 1. The molecule has 0 bridgehead atoms. The van der Waals surface area contributed by atoms with Gasteiger partial charge in [-0.3, -0.25) is 4.79 Å². The summed E-state index contributed by atoms with van der Waals surface area (Å²) in [6.07, 6.45) is 0.457. The van der Waals surface area contributed by atoms with Crippen molar-refractivity contribution in [2.75, 3.05) is 18.6 Å². The van der Waals surface area contributed by atoms with Crippen LogP contribution in [0.1, 0.15) is 6.42 Å². The predicted octanol–water partition coefficient (Wildman–Crippen LogP) is -0.657. The normalized spacial score (nSPS) is 26.3. The second kappa shape index (κ2) is 4.95. The van der Waals surface area contributed by atoms with Crippen molar-refractivity contribution in [1.82, 2.24) is 0 Å². The highest BCUT2D eigenvalue weighted by molar-refractivity contribution is 7.91. The van der Waals surface area contributed by atoms with Crippen molar-refractivity contribution >= 4 is 28.2 Å². The topological polar surface area (TPSA) is 86.5 Å². The van der Waals surface area contributed by atoms with Gasteiger partial charge in [0.1, 0.15) is 6.04 Å². The van der Waals surface area contributed by atoms with Crippen molar-refractivity contribution < 1.29 is 17.9 Å². The molecule has 7 heteroatoms. The number of esters is 1. The molecule has 2 unspecified atom stereocenters. The Balaban J connectivity index is 0.00000169. The second-order valence-corrected chi connectivity index (χ2v) is 5.44. The number of sulfone groups is 1. The van der Waals surface area contributed by atoms with Gasteiger partial charge in [-0.2, -0.15) is 0 Å². The smallest absolute Gasteiger partial charge is 0.322 e. The van der Waals surface area contributed by atoms with Gasteiger partial charge >= 0.3 is 5.97 Å². The van der Waals surface area contributed by atoms with Gasteiger partial charge in [-0.25, -0.2) is 8.42 Å². The SMILES string of the molecule is COC(=O)C(N)C1CCS(=O)(=O)C1.Cl. The molecule has 84 valence electrons. The van der Waals surface area contributed by atoms with Gasteiger partial charge in [0.05, 0.1) is 18.6 Å². The molecule has 0 saturated carbocycles. The number of carbonyl (C=O) groups excluding carboxylic acids is 1. The van der Waals surface area contributed by atoms with Crippen LogP contribution in [-0.2, 0) is 19.4 Å². The first kappa shape index (κ1) is 13.7. The van der Waals surface area contributed by atoms with E-state index < -0.39 is 21.8 Å². The van der Waals surface area contributed by atoms with Gasteiger partial charge in [-0.1, -0.05) is 0 Å². The van der Waals surface area contributed by atoms with E-state index in [4.69, 9.17) is 5.73 Å². The Morgan fingerprint density at radius 3 is 2.50 bits per heavy atom. The zero-order chi connectivity index (χ0) is 10.1. The van der Waals surface area contributed by atoms with E-state index in [1.54, 1.807) is 0 Å². The first-order valence-corrected chi connectivity index (χ1v) is 5.82. The summed E-state index contributed by atoms with van der Waals surface area (Å²) >= 11 is 0. The first-order valence-electron chi connectivity index (χ1n) is 4.00. The molecule has 1 saturated heterocycles. The van der Waals surface area contributed by atoms with Crippen LogP contribution in [0.5, 0.6) is 0 Å². The summed E-state index contributed by atoms with van der Waals surface area (Å²) in [5.41, 5.74) is 5.52. The first-order chi connectivity index (χ1) is 5.96. The maximum absolute atomic E-state index is 11.0. The Morgan fingerprint density at radius 2 is 2.14 bits per heavy atom. The minimum absolute atomic E-state index is 0. The Kier molecular flexibility index (Phi) is 4.83. The molecule has 14 heavy (non-hydrogen) atoms. The lowest BCUT2D eigenvalue weighted by atomic mass is 10.0. The molecule has 1 fully saturated rings. The van der Waals surface area contributed by atoms with Crippen molar-refractivity contribution in [2.24, 2.45) is 11.7 Å². The molecule has 1 heterocycles. The fourth-order valence-electron chi connectivity index (χ4n) is 1.44. The van der Waals surface area contributed by atoms with Crippen molar-refractivity contribution in [3.8, 4) is 0 Å². The number of hydrogen-bond acceptors (Lipinski definition) is 5. The third kappa shape index (κ3) is 3.11. The zero-order valence-electron chi connectivity index (χ0n) is 7.80. The average Bonchev–Trinajstić information content (AvgIpc) is 2.43. The Labute approximate surface area is 89.3 Å². The summed E-state index contributed by atoms with van der Waals surface area (Å²) in [5, 5.41) is 0. The fraction of sp³-hybridized carbons (Fsp3) is 0.857. The van der Waals surface area contributed by atoms with E-state index in [1.165, 1.54) is 7.11 Å². The molecule has 1 rings (SSSR count). The molecule has 2 N–H and O–H groups in total. The maximum Gasteiger partial charge on any atom is 0.322 e. The second-order valence-electron chi connectivity index (χ2n) is 3.21. The average molecular weight is 244 g/mol. The van der Waals surface area contributed by atoms with Gasteiger partial charge < -0.3 is 10.5 Å². The number of halogens is 1. The van der Waals surface area contributed by atoms with Crippen LogP contribution in [0.4, 0.5) is 0 Å². The van der Waals surface area contributed by atoms with Gasteiger partial charge in [0.25, 0.3) is 0 Å². The van der Waals surface area contributed by atoms with Crippen molar-refractivity contribution in [3.05, 3.63) is 0 Å². The third-order valence-electron chi connectivity index (χ3n) is 2.25. The van der Waals surface area contributed by atoms with Crippen molar-refractivity contribution in [3.63, 3.8) is 0 Å². The quantitative estimate of drug-likeness (QED) is 0.651. The molecule has 0 aromatic carbocycles. The molecule has 0 aliphatic carbocycles. The molecule has 0 aromatic heterocycles. The van der Waals surface area contributed by atoms with Crippen LogP contribution in [0.2, 0.25) is 0 Å². The van der Waals surface area contributed by atoms with E-state index in [0.717, 1.165) is 0 Å². The van der Waals surface area contributed by atoms with Crippen LogP contribution in [-0.4, -0.2) is 39.0 Å². The van der Waals surface area contributed by atoms with Gasteiger partial charge in [0, 0.05) is 0 Å². The largest absolute Gasteiger partial charge is 0.468 e. The summed E-state index contributed by atoms with van der Waals surface area (Å²) in [6.45, 7) is 0. The van der Waals surface area contributed by atoms with Crippen LogP contribution in [0.3, 0.4) is 0 Å². The number of nitrogens with two attached hydrogens (primary N) is 1. The van der Waals surface area contributed by atoms with Crippen LogP contribution < -0.4 is 5.73 Å². The van der Waals surface area contributed by atoms with Gasteiger partial charge in [0.15, 0.2) is 9.84 Å². The molecular weight excluding hydrogens is 230 g/mol. The molecule has 2 atom stereocenters. The molecule has 1 aliphatic rings. The summed E-state index contributed by atoms with van der Waals surface area (Å²) in [4.78, 5) is 11.0. The van der Waals surface area contributed by atoms with Gasteiger partial charge in [0.2, 0.25) is 0 Å². The highest BCUT2D eigenvalue weighted by atomic mass is 35.5. The minimum Gasteiger partial charge on any atom is -0.468 e. The number of hydrogen-bond donors (Lipinski definition) is 1. The van der Waals surface area contributed by atoms with E-state index in [0.29, 0.717) is 6.42 Å². The molecule has 0 amide bonds. The Bertz CT molecular complexity index is 303. The lowest BCUT2D eigenvalue weighted by Crippen LogP contribution is -2.39. The summed E-state index contributed by atoms with van der Waals surface area (Å²) in [5.74, 6) is -0.689. The standard InChI is InChI=1S/C7H13NO4S.ClH/c1-12-7(9)6(8)5-2-3-13(10,11)4-5;/h5-6H,2-4,8H2,1H3;1H. The summed E-state index contributed by atoms with van der Waals surface area (Å²) in [7, 11) is -1.73. The van der Waals surface area contributed by atoms with E-state index in [1.807, 2.05) is 0 Å².